The maximum atomic E-state index is 13.6. The van der Waals surface area contributed by atoms with E-state index in [0.717, 1.165) is 0 Å². The number of carbonyl (C=O) groups is 4. The highest BCUT2D eigenvalue weighted by Gasteiger charge is 2.35. The number of hydrogen-bond donors (Lipinski definition) is 2. The fourth-order valence-corrected chi connectivity index (χ4v) is 4.05. The minimum atomic E-state index is -0.668. The Balaban J connectivity index is 1.92. The van der Waals surface area contributed by atoms with Crippen molar-refractivity contribution in [2.75, 3.05) is 20.1 Å². The SMILES string of the molecule is CC(C)N1C[C@H](C)[C@@H](CN(C)C(=O)OC(C)(C)C)Oc2c(C(=O)NNC(=O)c3ccncc3)cccc2C1=O. The van der Waals surface area contributed by atoms with Crippen LogP contribution in [-0.4, -0.2) is 76.5 Å². The normalized spacial score (nSPS) is 17.3. The summed E-state index contributed by atoms with van der Waals surface area (Å²) in [5.41, 5.74) is 4.69. The zero-order valence-corrected chi connectivity index (χ0v) is 23.5. The first-order valence-electron chi connectivity index (χ1n) is 12.8. The van der Waals surface area contributed by atoms with Gasteiger partial charge in [-0.2, -0.15) is 0 Å². The van der Waals surface area contributed by atoms with Crippen molar-refractivity contribution in [3.05, 3.63) is 59.4 Å². The third-order valence-electron chi connectivity index (χ3n) is 6.15. The number of para-hydroxylation sites is 1. The molecule has 11 nitrogen and oxygen atoms in total. The van der Waals surface area contributed by atoms with Crippen LogP contribution in [0.5, 0.6) is 5.75 Å². The lowest BCUT2D eigenvalue weighted by Gasteiger charge is -2.38. The molecule has 0 aliphatic carbocycles. The van der Waals surface area contributed by atoms with Crippen molar-refractivity contribution in [3.63, 3.8) is 0 Å². The monoisotopic (exact) mass is 539 g/mol. The Labute approximate surface area is 228 Å². The van der Waals surface area contributed by atoms with Gasteiger partial charge in [0.15, 0.2) is 0 Å². The van der Waals surface area contributed by atoms with Gasteiger partial charge < -0.3 is 19.3 Å². The first kappa shape index (κ1) is 29.4. The molecule has 1 aromatic carbocycles. The third kappa shape index (κ3) is 7.46. The molecule has 2 heterocycles. The number of nitrogens with one attached hydrogen (secondary N) is 2. The van der Waals surface area contributed by atoms with Crippen molar-refractivity contribution in [1.29, 1.82) is 0 Å². The Morgan fingerprint density at radius 2 is 1.77 bits per heavy atom. The Hall–Kier alpha value is -4.15. The molecule has 0 fully saturated rings. The maximum absolute atomic E-state index is 13.6. The third-order valence-corrected chi connectivity index (χ3v) is 6.15. The number of nitrogens with zero attached hydrogens (tertiary/aromatic N) is 3. The summed E-state index contributed by atoms with van der Waals surface area (Å²) in [7, 11) is 1.61. The number of pyridine rings is 1. The van der Waals surface area contributed by atoms with Crippen LogP contribution in [-0.2, 0) is 4.74 Å². The van der Waals surface area contributed by atoms with E-state index < -0.39 is 29.6 Å². The lowest BCUT2D eigenvalue weighted by Crippen LogP contribution is -2.50. The average Bonchev–Trinajstić information content (AvgIpc) is 2.87. The number of rotatable bonds is 5. The molecule has 0 radical (unpaired) electrons. The van der Waals surface area contributed by atoms with Crippen LogP contribution in [0.25, 0.3) is 0 Å². The lowest BCUT2D eigenvalue weighted by atomic mass is 9.98. The molecule has 0 unspecified atom stereocenters. The van der Waals surface area contributed by atoms with E-state index in [1.54, 1.807) is 44.9 Å². The zero-order chi connectivity index (χ0) is 28.9. The van der Waals surface area contributed by atoms with Gasteiger partial charge in [0.1, 0.15) is 17.5 Å². The summed E-state index contributed by atoms with van der Waals surface area (Å²) >= 11 is 0. The molecule has 11 heteroatoms. The standard InChI is InChI=1S/C28H37N5O6/c1-17(2)33-15-18(3)22(16-32(7)27(37)39-28(4,5)6)38-23-20(9-8-10-21(23)26(33)36)25(35)31-30-24(34)19-11-13-29-14-12-19/h8-14,17-18,22H,15-16H2,1-7H3,(H,30,34)(H,31,35)/t18-,22+/m0/s1. The molecule has 0 saturated heterocycles. The lowest BCUT2D eigenvalue weighted by molar-refractivity contribution is 0.0128. The molecule has 0 spiro atoms. The van der Waals surface area contributed by atoms with Crippen LogP contribution in [0.4, 0.5) is 4.79 Å². The van der Waals surface area contributed by atoms with Gasteiger partial charge in [0.2, 0.25) is 0 Å². The molecule has 210 valence electrons. The molecule has 39 heavy (non-hydrogen) atoms. The average molecular weight is 540 g/mol. The second-order valence-electron chi connectivity index (χ2n) is 10.9. The van der Waals surface area contributed by atoms with Gasteiger partial charge in [0.25, 0.3) is 17.7 Å². The van der Waals surface area contributed by atoms with Crippen molar-refractivity contribution in [2.45, 2.75) is 59.3 Å². The summed E-state index contributed by atoms with van der Waals surface area (Å²) in [4.78, 5) is 58.9. The summed E-state index contributed by atoms with van der Waals surface area (Å²) in [5.74, 6) is -1.58. The number of hydrazine groups is 1. The molecule has 1 aliphatic rings. The van der Waals surface area contributed by atoms with Gasteiger partial charge in [-0.1, -0.05) is 13.0 Å². The highest BCUT2D eigenvalue weighted by molar-refractivity contribution is 6.05. The zero-order valence-electron chi connectivity index (χ0n) is 23.5. The Kier molecular flexibility index (Phi) is 9.15. The summed E-state index contributed by atoms with van der Waals surface area (Å²) < 4.78 is 11.9. The fraction of sp³-hybridized carbons (Fsp3) is 0.464. The van der Waals surface area contributed by atoms with Crippen molar-refractivity contribution in [3.8, 4) is 5.75 Å². The van der Waals surface area contributed by atoms with Crippen LogP contribution in [0, 0.1) is 5.92 Å². The smallest absolute Gasteiger partial charge is 0.410 e. The highest BCUT2D eigenvalue weighted by atomic mass is 16.6. The number of aromatic nitrogens is 1. The second-order valence-corrected chi connectivity index (χ2v) is 10.9. The van der Waals surface area contributed by atoms with Gasteiger partial charge in [-0.15, -0.1) is 0 Å². The molecule has 0 saturated carbocycles. The molecular formula is C28H37N5O6. The van der Waals surface area contributed by atoms with Crippen LogP contribution in [0.2, 0.25) is 0 Å². The van der Waals surface area contributed by atoms with Gasteiger partial charge in [0, 0.05) is 43.5 Å². The minimum absolute atomic E-state index is 0.0682. The first-order chi connectivity index (χ1) is 18.3. The van der Waals surface area contributed by atoms with Crippen molar-refractivity contribution in [2.24, 2.45) is 5.92 Å². The molecule has 1 aromatic heterocycles. The van der Waals surface area contributed by atoms with E-state index in [2.05, 4.69) is 15.8 Å². The van der Waals surface area contributed by atoms with E-state index in [1.807, 2.05) is 20.8 Å². The van der Waals surface area contributed by atoms with E-state index in [9.17, 15) is 19.2 Å². The number of hydrogen-bond acceptors (Lipinski definition) is 7. The highest BCUT2D eigenvalue weighted by Crippen LogP contribution is 2.32. The van der Waals surface area contributed by atoms with E-state index in [-0.39, 0.29) is 41.3 Å². The number of likely N-dealkylation sites (N-methyl/N-ethyl adjacent to an activating group) is 1. The van der Waals surface area contributed by atoms with E-state index in [4.69, 9.17) is 9.47 Å². The van der Waals surface area contributed by atoms with Crippen LogP contribution in [0.1, 0.15) is 72.6 Å². The summed E-state index contributed by atoms with van der Waals surface area (Å²) in [6, 6.07) is 7.60. The van der Waals surface area contributed by atoms with E-state index >= 15 is 0 Å². The van der Waals surface area contributed by atoms with Crippen LogP contribution in [0.3, 0.4) is 0 Å². The molecule has 2 atom stereocenters. The molecule has 3 rings (SSSR count). The summed E-state index contributed by atoms with van der Waals surface area (Å²) in [6.07, 6.45) is 1.84. The van der Waals surface area contributed by atoms with E-state index in [0.29, 0.717) is 12.1 Å². The first-order valence-corrected chi connectivity index (χ1v) is 12.8. The number of benzene rings is 1. The van der Waals surface area contributed by atoms with Gasteiger partial charge in [-0.05, 0) is 58.9 Å². The van der Waals surface area contributed by atoms with Gasteiger partial charge >= 0.3 is 6.09 Å². The van der Waals surface area contributed by atoms with Gasteiger partial charge in [0.05, 0.1) is 17.7 Å². The number of fused-ring (bicyclic) bond motifs is 1. The largest absolute Gasteiger partial charge is 0.487 e. The van der Waals surface area contributed by atoms with Crippen molar-refractivity contribution in [1.82, 2.24) is 25.6 Å². The van der Waals surface area contributed by atoms with Crippen molar-refractivity contribution >= 4 is 23.8 Å². The quantitative estimate of drug-likeness (QED) is 0.558. The fourth-order valence-electron chi connectivity index (χ4n) is 4.05. The van der Waals surface area contributed by atoms with Gasteiger partial charge in [-0.25, -0.2) is 4.79 Å². The van der Waals surface area contributed by atoms with Crippen LogP contribution in [0.15, 0.2) is 42.7 Å². The van der Waals surface area contributed by atoms with Crippen LogP contribution >= 0.6 is 0 Å². The van der Waals surface area contributed by atoms with E-state index in [1.165, 1.54) is 35.5 Å². The number of ether oxygens (including phenoxy) is 2. The Bertz CT molecular complexity index is 1210. The molecular weight excluding hydrogens is 502 g/mol. The molecule has 4 amide bonds. The predicted octanol–water partition coefficient (Wildman–Crippen LogP) is 3.27. The second kappa shape index (κ2) is 12.1. The maximum Gasteiger partial charge on any atom is 0.410 e. The summed E-state index contributed by atoms with van der Waals surface area (Å²) in [5, 5.41) is 0. The van der Waals surface area contributed by atoms with Crippen molar-refractivity contribution < 1.29 is 28.7 Å². The van der Waals surface area contributed by atoms with Crippen LogP contribution < -0.4 is 15.6 Å². The summed E-state index contributed by atoms with van der Waals surface area (Å²) in [6.45, 7) is 11.7. The Morgan fingerprint density at radius 1 is 1.13 bits per heavy atom. The molecule has 2 aromatic rings. The minimum Gasteiger partial charge on any atom is -0.487 e. The number of carbonyl (C=O) groups excluding carboxylic acids is 4. The topological polar surface area (TPSA) is 130 Å². The Morgan fingerprint density at radius 3 is 2.38 bits per heavy atom. The molecule has 0 bridgehead atoms. The predicted molar refractivity (Wildman–Crippen MR) is 144 cm³/mol. The molecule has 2 N–H and O–H groups in total. The van der Waals surface area contributed by atoms with Gasteiger partial charge in [-0.3, -0.25) is 30.2 Å². The number of amides is 4. The molecule has 1 aliphatic heterocycles.